The monoisotopic (exact) mass is 214 g/mol. The average Bonchev–Trinajstić information content (AvgIpc) is 2.25. The van der Waals surface area contributed by atoms with Gasteiger partial charge < -0.3 is 9.47 Å². The summed E-state index contributed by atoms with van der Waals surface area (Å²) in [5.74, 6) is -0.410. The Hall–Kier alpha value is -0.830. The summed E-state index contributed by atoms with van der Waals surface area (Å²) in [5.41, 5.74) is 0. The number of carbonyl (C=O) groups excluding carboxylic acids is 1. The van der Waals surface area contributed by atoms with Crippen molar-refractivity contribution in [3.8, 4) is 0 Å². The first-order valence-electron chi connectivity index (χ1n) is 5.69. The molecule has 0 aromatic heterocycles. The maximum Gasteiger partial charge on any atom is 0.332 e. The fraction of sp³-hybridized carbons (Fsp3) is 0.750. The van der Waals surface area contributed by atoms with E-state index < -0.39 is 12.3 Å². The molecular formula is C12H22O3. The van der Waals surface area contributed by atoms with E-state index in [1.165, 1.54) is 6.08 Å². The van der Waals surface area contributed by atoms with Gasteiger partial charge in [0.05, 0.1) is 6.61 Å². The summed E-state index contributed by atoms with van der Waals surface area (Å²) in [5, 5.41) is 0. The van der Waals surface area contributed by atoms with Crippen molar-refractivity contribution < 1.29 is 14.3 Å². The van der Waals surface area contributed by atoms with Crippen LogP contribution >= 0.6 is 0 Å². The van der Waals surface area contributed by atoms with Crippen molar-refractivity contribution in [2.75, 3.05) is 6.61 Å². The second-order valence-electron chi connectivity index (χ2n) is 3.44. The molecule has 0 aliphatic heterocycles. The number of hydrogen-bond donors (Lipinski definition) is 0. The summed E-state index contributed by atoms with van der Waals surface area (Å²) >= 11 is 0. The Morgan fingerprint density at radius 2 is 2.07 bits per heavy atom. The molecule has 0 saturated heterocycles. The molecule has 0 aliphatic rings. The fourth-order valence-corrected chi connectivity index (χ4v) is 1.16. The highest BCUT2D eigenvalue weighted by molar-refractivity contribution is 5.81. The van der Waals surface area contributed by atoms with Crippen LogP contribution in [0.5, 0.6) is 0 Å². The van der Waals surface area contributed by atoms with Gasteiger partial charge in [-0.2, -0.15) is 0 Å². The summed E-state index contributed by atoms with van der Waals surface area (Å²) in [6, 6.07) is 0. The first-order valence-corrected chi connectivity index (χ1v) is 5.69. The van der Waals surface area contributed by atoms with Crippen LogP contribution in [0.4, 0.5) is 0 Å². The average molecular weight is 214 g/mol. The first kappa shape index (κ1) is 14.2. The summed E-state index contributed by atoms with van der Waals surface area (Å²) in [6.45, 7) is 8.15. The number of unbranched alkanes of at least 4 members (excludes halogenated alkanes) is 2. The van der Waals surface area contributed by atoms with E-state index in [0.29, 0.717) is 6.61 Å². The molecule has 0 bridgehead atoms. The summed E-state index contributed by atoms with van der Waals surface area (Å²) in [7, 11) is 0. The smallest absolute Gasteiger partial charge is 0.332 e. The lowest BCUT2D eigenvalue weighted by molar-refractivity contribution is -0.174. The topological polar surface area (TPSA) is 35.5 Å². The van der Waals surface area contributed by atoms with Crippen LogP contribution in [0.15, 0.2) is 12.7 Å². The van der Waals surface area contributed by atoms with Gasteiger partial charge in [-0.25, -0.2) is 4.79 Å². The van der Waals surface area contributed by atoms with Crippen molar-refractivity contribution >= 4 is 5.97 Å². The van der Waals surface area contributed by atoms with E-state index in [4.69, 9.17) is 9.47 Å². The molecule has 0 aliphatic carbocycles. The van der Waals surface area contributed by atoms with Crippen molar-refractivity contribution in [3.05, 3.63) is 12.7 Å². The van der Waals surface area contributed by atoms with Gasteiger partial charge in [0, 0.05) is 12.5 Å². The van der Waals surface area contributed by atoms with Gasteiger partial charge >= 0.3 is 5.97 Å². The lowest BCUT2D eigenvalue weighted by Crippen LogP contribution is -2.20. The summed E-state index contributed by atoms with van der Waals surface area (Å²) in [6.07, 6.45) is 5.77. The van der Waals surface area contributed by atoms with Crippen LogP contribution in [0.25, 0.3) is 0 Å². The SMILES string of the molecule is C=CC(=O)OC(CCCCC)OCCC. The third-order valence-electron chi connectivity index (χ3n) is 1.97. The standard InChI is InChI=1S/C12H22O3/c1-4-7-8-9-12(14-10-5-2)15-11(13)6-3/h6,12H,3-5,7-10H2,1-2H3. The van der Waals surface area contributed by atoms with Gasteiger partial charge in [-0.15, -0.1) is 0 Å². The highest BCUT2D eigenvalue weighted by Crippen LogP contribution is 2.09. The molecule has 0 fully saturated rings. The lowest BCUT2D eigenvalue weighted by atomic mass is 10.2. The van der Waals surface area contributed by atoms with E-state index in [0.717, 1.165) is 32.1 Å². The van der Waals surface area contributed by atoms with Crippen LogP contribution < -0.4 is 0 Å². The quantitative estimate of drug-likeness (QED) is 0.256. The Balaban J connectivity index is 3.82. The minimum atomic E-state index is -0.410. The lowest BCUT2D eigenvalue weighted by Gasteiger charge is -2.17. The highest BCUT2D eigenvalue weighted by Gasteiger charge is 2.11. The Morgan fingerprint density at radius 1 is 1.33 bits per heavy atom. The summed E-state index contributed by atoms with van der Waals surface area (Å²) < 4.78 is 10.5. The van der Waals surface area contributed by atoms with Crippen molar-refractivity contribution in [2.45, 2.75) is 52.2 Å². The molecule has 15 heavy (non-hydrogen) atoms. The van der Waals surface area contributed by atoms with Crippen LogP contribution in [0.2, 0.25) is 0 Å². The predicted octanol–water partition coefficient (Wildman–Crippen LogP) is 3.05. The largest absolute Gasteiger partial charge is 0.433 e. The molecule has 1 atom stereocenters. The van der Waals surface area contributed by atoms with Gasteiger partial charge in [0.2, 0.25) is 6.29 Å². The number of carbonyl (C=O) groups is 1. The molecule has 88 valence electrons. The Labute approximate surface area is 92.5 Å². The molecule has 0 amide bonds. The number of hydrogen-bond acceptors (Lipinski definition) is 3. The van der Waals surface area contributed by atoms with Crippen molar-refractivity contribution in [2.24, 2.45) is 0 Å². The van der Waals surface area contributed by atoms with Crippen LogP contribution in [-0.2, 0) is 14.3 Å². The Kier molecular flexibility index (Phi) is 9.18. The third-order valence-corrected chi connectivity index (χ3v) is 1.97. The molecular weight excluding hydrogens is 192 g/mol. The van der Waals surface area contributed by atoms with E-state index in [9.17, 15) is 4.79 Å². The second kappa shape index (κ2) is 9.71. The molecule has 0 spiro atoms. The van der Waals surface area contributed by atoms with Gasteiger partial charge in [0.15, 0.2) is 0 Å². The molecule has 0 N–H and O–H groups in total. The molecule has 0 heterocycles. The van der Waals surface area contributed by atoms with E-state index in [1.807, 2.05) is 6.92 Å². The van der Waals surface area contributed by atoms with Crippen LogP contribution in [0.3, 0.4) is 0 Å². The molecule has 1 unspecified atom stereocenters. The van der Waals surface area contributed by atoms with Gasteiger partial charge in [-0.3, -0.25) is 0 Å². The first-order chi connectivity index (χ1) is 7.24. The van der Waals surface area contributed by atoms with Crippen molar-refractivity contribution in [1.29, 1.82) is 0 Å². The predicted molar refractivity (Wildman–Crippen MR) is 60.5 cm³/mol. The number of esters is 1. The van der Waals surface area contributed by atoms with Crippen molar-refractivity contribution in [1.82, 2.24) is 0 Å². The molecule has 3 heteroatoms. The van der Waals surface area contributed by atoms with Crippen LogP contribution in [-0.4, -0.2) is 18.9 Å². The van der Waals surface area contributed by atoms with Gasteiger partial charge in [0.1, 0.15) is 0 Å². The molecule has 3 nitrogen and oxygen atoms in total. The zero-order valence-electron chi connectivity index (χ0n) is 9.83. The fourth-order valence-electron chi connectivity index (χ4n) is 1.16. The molecule has 0 saturated carbocycles. The van der Waals surface area contributed by atoms with Gasteiger partial charge in [-0.05, 0) is 12.8 Å². The van der Waals surface area contributed by atoms with E-state index in [1.54, 1.807) is 0 Å². The zero-order valence-corrected chi connectivity index (χ0v) is 9.83. The molecule has 0 aromatic rings. The second-order valence-corrected chi connectivity index (χ2v) is 3.44. The Morgan fingerprint density at radius 3 is 2.60 bits per heavy atom. The maximum absolute atomic E-state index is 11.0. The highest BCUT2D eigenvalue weighted by atomic mass is 16.7. The van der Waals surface area contributed by atoms with E-state index >= 15 is 0 Å². The molecule has 0 radical (unpaired) electrons. The summed E-state index contributed by atoms with van der Waals surface area (Å²) in [4.78, 5) is 11.0. The van der Waals surface area contributed by atoms with Crippen LogP contribution in [0.1, 0.15) is 46.0 Å². The number of ether oxygens (including phenoxy) is 2. The zero-order chi connectivity index (χ0) is 11.5. The molecule has 0 aromatic carbocycles. The van der Waals surface area contributed by atoms with Gasteiger partial charge in [-0.1, -0.05) is 33.3 Å². The van der Waals surface area contributed by atoms with Crippen molar-refractivity contribution in [3.63, 3.8) is 0 Å². The Bertz CT molecular complexity index is 178. The van der Waals surface area contributed by atoms with E-state index in [-0.39, 0.29) is 0 Å². The van der Waals surface area contributed by atoms with E-state index in [2.05, 4.69) is 13.5 Å². The van der Waals surface area contributed by atoms with Crippen LogP contribution in [0, 0.1) is 0 Å². The number of rotatable bonds is 9. The minimum Gasteiger partial charge on any atom is -0.433 e. The van der Waals surface area contributed by atoms with Gasteiger partial charge in [0.25, 0.3) is 0 Å². The maximum atomic E-state index is 11.0. The molecule has 0 rings (SSSR count). The normalized spacial score (nSPS) is 12.1. The third kappa shape index (κ3) is 8.18. The minimum absolute atomic E-state index is 0.401.